The maximum Gasteiger partial charge on any atom is 0.421 e. The third-order valence-electron chi connectivity index (χ3n) is 5.57. The van der Waals surface area contributed by atoms with Gasteiger partial charge in [-0.25, -0.2) is 19.9 Å². The molecule has 3 aromatic rings. The molecule has 194 valence electrons. The first kappa shape index (κ1) is 29.3. The molecule has 1 aliphatic rings. The summed E-state index contributed by atoms with van der Waals surface area (Å²) in [4.78, 5) is 19.8. The number of anilines is 2. The molecule has 0 saturated carbocycles. The van der Waals surface area contributed by atoms with Crippen molar-refractivity contribution in [3.8, 4) is 5.97 Å². The summed E-state index contributed by atoms with van der Waals surface area (Å²) in [6, 6.07) is 3.78. The van der Waals surface area contributed by atoms with Crippen LogP contribution in [0.5, 0.6) is 0 Å². The van der Waals surface area contributed by atoms with Crippen molar-refractivity contribution in [1.82, 2.24) is 19.0 Å². The van der Waals surface area contributed by atoms with Gasteiger partial charge >= 0.3 is 6.09 Å². The predicted octanol–water partition coefficient (Wildman–Crippen LogP) is 7.36. The number of aromatic nitrogens is 4. The second-order valence-electron chi connectivity index (χ2n) is 9.41. The molecular weight excluding hydrogens is 471 g/mol. The summed E-state index contributed by atoms with van der Waals surface area (Å²) in [7, 11) is 0. The lowest BCUT2D eigenvalue weighted by atomic mass is 9.41. The number of carbonyl (C=O) groups is 1. The van der Waals surface area contributed by atoms with Crippen LogP contribution >= 0.6 is 11.5 Å². The molecule has 0 aromatic carbocycles. The highest BCUT2D eigenvalue weighted by molar-refractivity contribution is 7.10. The second-order valence-corrected chi connectivity index (χ2v) is 10.2. The van der Waals surface area contributed by atoms with E-state index in [0.29, 0.717) is 16.5 Å². The molecule has 8 nitrogen and oxygen atoms in total. The lowest BCUT2D eigenvalue weighted by Gasteiger charge is -2.28. The van der Waals surface area contributed by atoms with E-state index in [1.54, 1.807) is 10.7 Å². The second kappa shape index (κ2) is 12.9. The van der Waals surface area contributed by atoms with E-state index in [9.17, 15) is 10.1 Å². The highest BCUT2D eigenvalue weighted by Crippen LogP contribution is 2.37. The molecule has 3 aromatic heterocycles. The number of rotatable bonds is 3. The Morgan fingerprint density at radius 3 is 2.53 bits per heavy atom. The Morgan fingerprint density at radius 2 is 1.94 bits per heavy atom. The number of hydrogen-bond acceptors (Lipinski definition) is 7. The zero-order chi connectivity index (χ0) is 27.0. The van der Waals surface area contributed by atoms with Gasteiger partial charge < -0.3 is 4.74 Å². The zero-order valence-electron chi connectivity index (χ0n) is 23.1. The molecule has 4 rings (SSSR count). The Bertz CT molecular complexity index is 1190. The Labute approximate surface area is 219 Å². The molecule has 0 N–H and O–H groups in total. The minimum atomic E-state index is -0.659. The van der Waals surface area contributed by atoms with Crippen LogP contribution < -0.4 is 4.90 Å². The maximum absolute atomic E-state index is 13.4. The van der Waals surface area contributed by atoms with E-state index in [4.69, 9.17) is 9.72 Å². The first-order valence-corrected chi connectivity index (χ1v) is 13.6. The molecule has 1 saturated heterocycles. The number of carbonyl (C=O) groups excluding carboxylic acids is 1. The molecule has 0 spiro atoms. The predicted molar refractivity (Wildman–Crippen MR) is 149 cm³/mol. The highest BCUT2D eigenvalue weighted by atomic mass is 32.1. The summed E-state index contributed by atoms with van der Waals surface area (Å²) >= 11 is 1.24. The molecule has 1 atom stereocenters. The lowest BCUT2D eigenvalue weighted by molar-refractivity contribution is 0.0598. The summed E-state index contributed by atoms with van der Waals surface area (Å²) in [5, 5.41) is 14.6. The summed E-state index contributed by atoms with van der Waals surface area (Å²) < 4.78 is 11.8. The summed E-state index contributed by atoms with van der Waals surface area (Å²) in [5.74, 6) is 3.15. The number of aryl methyl sites for hydroxylation is 2. The van der Waals surface area contributed by atoms with E-state index in [0.717, 1.165) is 42.4 Å². The Kier molecular flexibility index (Phi) is 10.5. The quantitative estimate of drug-likeness (QED) is 0.342. The van der Waals surface area contributed by atoms with Gasteiger partial charge in [0.1, 0.15) is 16.4 Å². The molecule has 0 aliphatic carbocycles. The van der Waals surface area contributed by atoms with Gasteiger partial charge in [-0.15, -0.1) is 0 Å². The molecule has 0 radical (unpaired) electrons. The third-order valence-corrected chi connectivity index (χ3v) is 6.43. The van der Waals surface area contributed by atoms with Crippen LogP contribution in [0.15, 0.2) is 18.3 Å². The Morgan fingerprint density at radius 1 is 1.25 bits per heavy atom. The van der Waals surface area contributed by atoms with Crippen LogP contribution in [0.2, 0.25) is 12.6 Å². The van der Waals surface area contributed by atoms with Gasteiger partial charge in [-0.05, 0) is 64.6 Å². The van der Waals surface area contributed by atoms with Crippen molar-refractivity contribution >= 4 is 40.8 Å². The number of fused-ring (bicyclic) bond motifs is 1. The van der Waals surface area contributed by atoms with Crippen molar-refractivity contribution in [1.29, 1.82) is 5.26 Å². The third kappa shape index (κ3) is 6.85. The lowest BCUT2D eigenvalue weighted by Crippen LogP contribution is -2.34. The van der Waals surface area contributed by atoms with Crippen LogP contribution in [0.4, 0.5) is 15.6 Å². The van der Waals surface area contributed by atoms with Gasteiger partial charge in [0.15, 0.2) is 5.65 Å². The van der Waals surface area contributed by atoms with Crippen molar-refractivity contribution < 1.29 is 9.53 Å². The smallest absolute Gasteiger partial charge is 0.421 e. The topological polar surface area (TPSA) is 96.4 Å². The molecular formula is C26H39BN6O2S. The Hall–Kier alpha value is -2.93. The van der Waals surface area contributed by atoms with Crippen molar-refractivity contribution in [3.05, 3.63) is 35.3 Å². The zero-order valence-corrected chi connectivity index (χ0v) is 23.9. The van der Waals surface area contributed by atoms with E-state index in [1.807, 2.05) is 74.4 Å². The summed E-state index contributed by atoms with van der Waals surface area (Å²) in [5.41, 5.74) is 2.67. The van der Waals surface area contributed by atoms with Crippen LogP contribution in [0.25, 0.3) is 5.65 Å². The van der Waals surface area contributed by atoms with Gasteiger partial charge in [0, 0.05) is 23.3 Å². The number of nitrogens with zero attached hydrogens (tertiary/aromatic N) is 6. The largest absolute Gasteiger partial charge is 0.443 e. The fourth-order valence-electron chi connectivity index (χ4n) is 4.08. The molecule has 0 bridgehead atoms. The Balaban J connectivity index is 0.00000109. The van der Waals surface area contributed by atoms with E-state index in [2.05, 4.69) is 15.4 Å². The molecule has 1 fully saturated rings. The summed E-state index contributed by atoms with van der Waals surface area (Å²) in [6.45, 7) is 17.4. The van der Waals surface area contributed by atoms with Gasteiger partial charge in [0.25, 0.3) is 6.71 Å². The van der Waals surface area contributed by atoms with Gasteiger partial charge in [-0.1, -0.05) is 46.8 Å². The molecule has 36 heavy (non-hydrogen) atoms. The SMILES string of the molecule is CC.CC.Cc1cc(N(C(=O)OC(C)(C)C)c2cc(C3CCCB(C#N)C3)nc3c(C)cnn23)sn1. The van der Waals surface area contributed by atoms with Crippen LogP contribution in [-0.2, 0) is 4.74 Å². The molecule has 10 heteroatoms. The monoisotopic (exact) mass is 510 g/mol. The normalized spacial score (nSPS) is 15.2. The van der Waals surface area contributed by atoms with E-state index in [1.165, 1.54) is 16.4 Å². The first-order valence-electron chi connectivity index (χ1n) is 12.9. The summed E-state index contributed by atoms with van der Waals surface area (Å²) in [6.07, 6.45) is 4.93. The molecule has 4 heterocycles. The van der Waals surface area contributed by atoms with Crippen molar-refractivity contribution in [2.24, 2.45) is 0 Å². The molecule has 1 amide bonds. The van der Waals surface area contributed by atoms with Crippen molar-refractivity contribution in [2.45, 2.75) is 99.3 Å². The fourth-order valence-corrected chi connectivity index (χ4v) is 4.84. The van der Waals surface area contributed by atoms with Crippen LogP contribution in [0, 0.1) is 25.1 Å². The van der Waals surface area contributed by atoms with Crippen LogP contribution in [-0.4, -0.2) is 37.4 Å². The number of hydrogen-bond donors (Lipinski definition) is 0. The van der Waals surface area contributed by atoms with Crippen molar-refractivity contribution in [2.75, 3.05) is 4.90 Å². The first-order chi connectivity index (χ1) is 17.2. The molecule has 1 aliphatic heterocycles. The molecule has 1 unspecified atom stereocenters. The van der Waals surface area contributed by atoms with E-state index < -0.39 is 11.7 Å². The highest BCUT2D eigenvalue weighted by Gasteiger charge is 2.32. The number of nitriles is 1. The van der Waals surface area contributed by atoms with E-state index >= 15 is 0 Å². The average Bonchev–Trinajstić information content (AvgIpc) is 3.46. The van der Waals surface area contributed by atoms with E-state index in [-0.39, 0.29) is 12.6 Å². The standard InChI is InChI=1S/C22H27BN6O2S.2C2H6/c1-14-12-25-29-18(10-17(26-20(14)29)16-7-6-8-23(11-16)13-24)28(19-9-15(2)27-32-19)21(30)31-22(3,4)5;2*1-2/h9-10,12,16H,6-8,11H2,1-5H3;2*1-2H3. The van der Waals surface area contributed by atoms with Crippen LogP contribution in [0.3, 0.4) is 0 Å². The minimum absolute atomic E-state index is 0.0346. The average molecular weight is 511 g/mol. The van der Waals surface area contributed by atoms with Gasteiger partial charge in [0.2, 0.25) is 0 Å². The van der Waals surface area contributed by atoms with Crippen LogP contribution in [0.1, 0.15) is 84.2 Å². The fraction of sp³-hybridized carbons (Fsp3) is 0.577. The number of amides is 1. The minimum Gasteiger partial charge on any atom is -0.443 e. The maximum atomic E-state index is 13.4. The number of ether oxygens (including phenoxy) is 1. The van der Waals surface area contributed by atoms with Gasteiger partial charge in [-0.3, -0.25) is 0 Å². The van der Waals surface area contributed by atoms with Crippen molar-refractivity contribution in [3.63, 3.8) is 0 Å². The van der Waals surface area contributed by atoms with Gasteiger partial charge in [0.05, 0.1) is 11.9 Å². The van der Waals surface area contributed by atoms with Gasteiger partial charge in [-0.2, -0.15) is 14.0 Å².